The number of ether oxygens (including phenoxy) is 2. The fraction of sp³-hybridized carbons (Fsp3) is 0.333. The molecule has 0 saturated carbocycles. The lowest BCUT2D eigenvalue weighted by Gasteiger charge is -2.20. The molecule has 6 heteroatoms. The average Bonchev–Trinajstić information content (AvgIpc) is 2.98. The van der Waals surface area contributed by atoms with Crippen LogP contribution < -0.4 is 9.47 Å². The third-order valence-corrected chi connectivity index (χ3v) is 5.67. The van der Waals surface area contributed by atoms with E-state index in [0.717, 1.165) is 12.0 Å². The molecule has 0 fully saturated rings. The number of hydrogen-bond donors (Lipinski definition) is 0. The lowest BCUT2D eigenvalue weighted by Crippen LogP contribution is -2.16. The Morgan fingerprint density at radius 1 is 1.29 bits per heavy atom. The first kappa shape index (κ1) is 14.9. The smallest absolute Gasteiger partial charge is 0.179 e. The normalized spacial score (nSPS) is 14.9. The molecule has 0 spiro atoms. The van der Waals surface area contributed by atoms with Crippen molar-refractivity contribution in [2.75, 3.05) is 19.0 Å². The molecule has 3 rings (SSSR count). The maximum absolute atomic E-state index is 12.2. The fourth-order valence-electron chi connectivity index (χ4n) is 2.17. The number of aryl methyl sites for hydroxylation is 1. The highest BCUT2D eigenvalue weighted by molar-refractivity contribution is 7.84. The van der Waals surface area contributed by atoms with Gasteiger partial charge in [0.25, 0.3) is 0 Å². The van der Waals surface area contributed by atoms with Crippen molar-refractivity contribution in [1.82, 2.24) is 0 Å². The van der Waals surface area contributed by atoms with Gasteiger partial charge in [-0.3, -0.25) is 4.21 Å². The highest BCUT2D eigenvalue weighted by Crippen LogP contribution is 2.38. The Bertz CT molecular complexity index is 641. The first-order valence-electron chi connectivity index (χ1n) is 6.68. The Labute approximate surface area is 135 Å². The Balaban J connectivity index is 1.64. The summed E-state index contributed by atoms with van der Waals surface area (Å²) >= 11 is 7.89. The minimum atomic E-state index is -0.913. The zero-order chi connectivity index (χ0) is 14.7. The summed E-state index contributed by atoms with van der Waals surface area (Å²) in [6, 6.07) is 7.79. The molecule has 21 heavy (non-hydrogen) atoms. The van der Waals surface area contributed by atoms with E-state index in [9.17, 15) is 4.21 Å². The molecule has 0 aliphatic carbocycles. The second kappa shape index (κ2) is 6.81. The van der Waals surface area contributed by atoms with Gasteiger partial charge >= 0.3 is 0 Å². The van der Waals surface area contributed by atoms with Gasteiger partial charge in [-0.05, 0) is 35.6 Å². The molecule has 0 N–H and O–H groups in total. The molecular formula is C15H15ClO3S2. The van der Waals surface area contributed by atoms with E-state index in [1.54, 1.807) is 11.3 Å². The van der Waals surface area contributed by atoms with Gasteiger partial charge < -0.3 is 9.47 Å². The molecule has 2 aromatic rings. The predicted molar refractivity (Wildman–Crippen MR) is 87.2 cm³/mol. The molecule has 0 saturated heterocycles. The summed E-state index contributed by atoms with van der Waals surface area (Å²) < 4.78 is 23.2. The van der Waals surface area contributed by atoms with Crippen molar-refractivity contribution in [2.45, 2.75) is 12.2 Å². The van der Waals surface area contributed by atoms with Crippen molar-refractivity contribution in [2.24, 2.45) is 0 Å². The van der Waals surface area contributed by atoms with E-state index in [-0.39, 0.29) is 0 Å². The van der Waals surface area contributed by atoms with Crippen LogP contribution in [0.5, 0.6) is 11.5 Å². The van der Waals surface area contributed by atoms with Gasteiger partial charge in [-0.15, -0.1) is 11.3 Å². The summed E-state index contributed by atoms with van der Waals surface area (Å²) in [5.74, 6) is 2.39. The van der Waals surface area contributed by atoms with E-state index in [4.69, 9.17) is 21.1 Å². The maximum atomic E-state index is 12.2. The van der Waals surface area contributed by atoms with E-state index in [2.05, 4.69) is 6.07 Å². The summed E-state index contributed by atoms with van der Waals surface area (Å²) in [5, 5.41) is 2.57. The summed E-state index contributed by atoms with van der Waals surface area (Å²) in [6.07, 6.45) is 0.850. The SMILES string of the molecule is O=[S@](CCc1cccs1)Cc1cc(Cl)c2c(c1)OCCO2. The highest BCUT2D eigenvalue weighted by Gasteiger charge is 2.17. The zero-order valence-corrected chi connectivity index (χ0v) is 13.7. The second-order valence-electron chi connectivity index (χ2n) is 4.72. The van der Waals surface area contributed by atoms with Crippen molar-refractivity contribution in [3.63, 3.8) is 0 Å². The van der Waals surface area contributed by atoms with E-state index in [1.165, 1.54) is 4.88 Å². The second-order valence-corrected chi connectivity index (χ2v) is 7.74. The molecule has 0 radical (unpaired) electrons. The minimum absolute atomic E-state index is 0.488. The molecule has 0 bridgehead atoms. The topological polar surface area (TPSA) is 35.5 Å². The summed E-state index contributed by atoms with van der Waals surface area (Å²) in [5.41, 5.74) is 0.925. The number of rotatable bonds is 5. The van der Waals surface area contributed by atoms with E-state index >= 15 is 0 Å². The summed E-state index contributed by atoms with van der Waals surface area (Å²) in [7, 11) is -0.913. The lowest BCUT2D eigenvalue weighted by atomic mass is 10.2. The highest BCUT2D eigenvalue weighted by atomic mass is 35.5. The van der Waals surface area contributed by atoms with Crippen LogP contribution in [0.4, 0.5) is 0 Å². The van der Waals surface area contributed by atoms with Gasteiger partial charge in [0, 0.05) is 27.2 Å². The number of hydrogen-bond acceptors (Lipinski definition) is 4. The number of fused-ring (bicyclic) bond motifs is 1. The number of halogens is 1. The Hall–Kier alpha value is -1.04. The molecular weight excluding hydrogens is 328 g/mol. The van der Waals surface area contributed by atoms with Crippen LogP contribution in [0.2, 0.25) is 5.02 Å². The van der Waals surface area contributed by atoms with Crippen LogP contribution >= 0.6 is 22.9 Å². The monoisotopic (exact) mass is 342 g/mol. The van der Waals surface area contributed by atoms with E-state index in [0.29, 0.717) is 41.2 Å². The Morgan fingerprint density at radius 3 is 2.95 bits per heavy atom. The van der Waals surface area contributed by atoms with Gasteiger partial charge in [-0.2, -0.15) is 0 Å². The van der Waals surface area contributed by atoms with Crippen LogP contribution in [0.15, 0.2) is 29.6 Å². The van der Waals surface area contributed by atoms with Crippen LogP contribution in [0.1, 0.15) is 10.4 Å². The van der Waals surface area contributed by atoms with Gasteiger partial charge in [0.05, 0.1) is 5.02 Å². The molecule has 0 unspecified atom stereocenters. The van der Waals surface area contributed by atoms with Crippen molar-refractivity contribution in [3.05, 3.63) is 45.1 Å². The van der Waals surface area contributed by atoms with Crippen LogP contribution in [0, 0.1) is 0 Å². The van der Waals surface area contributed by atoms with Crippen LogP contribution in [-0.4, -0.2) is 23.2 Å². The van der Waals surface area contributed by atoms with Gasteiger partial charge in [0.2, 0.25) is 0 Å². The first-order chi connectivity index (χ1) is 10.2. The number of benzene rings is 1. The fourth-order valence-corrected chi connectivity index (χ4v) is 4.43. The molecule has 0 amide bonds. The van der Waals surface area contributed by atoms with Gasteiger partial charge in [-0.25, -0.2) is 0 Å². The van der Waals surface area contributed by atoms with E-state index in [1.807, 2.05) is 23.6 Å². The third-order valence-electron chi connectivity index (χ3n) is 3.14. The molecule has 1 atom stereocenters. The number of thiophene rings is 1. The van der Waals surface area contributed by atoms with Crippen LogP contribution in [0.3, 0.4) is 0 Å². The molecule has 1 aliphatic rings. The average molecular weight is 343 g/mol. The summed E-state index contributed by atoms with van der Waals surface area (Å²) in [6.45, 7) is 1.03. The van der Waals surface area contributed by atoms with Gasteiger partial charge in [-0.1, -0.05) is 17.7 Å². The largest absolute Gasteiger partial charge is 0.486 e. The predicted octanol–water partition coefficient (Wildman–Crippen LogP) is 3.66. The molecule has 3 nitrogen and oxygen atoms in total. The van der Waals surface area contributed by atoms with Gasteiger partial charge in [0.1, 0.15) is 13.2 Å². The van der Waals surface area contributed by atoms with E-state index < -0.39 is 10.8 Å². The molecule has 1 aromatic carbocycles. The molecule has 1 aromatic heterocycles. The quantitative estimate of drug-likeness (QED) is 0.831. The molecule has 1 aliphatic heterocycles. The van der Waals surface area contributed by atoms with Crippen molar-refractivity contribution in [3.8, 4) is 11.5 Å². The third kappa shape index (κ3) is 3.78. The molecule has 2 heterocycles. The first-order valence-corrected chi connectivity index (χ1v) is 9.42. The van der Waals surface area contributed by atoms with Crippen LogP contribution in [-0.2, 0) is 23.0 Å². The van der Waals surface area contributed by atoms with Gasteiger partial charge in [0.15, 0.2) is 11.5 Å². The molecule has 112 valence electrons. The van der Waals surface area contributed by atoms with Crippen LogP contribution in [0.25, 0.3) is 0 Å². The zero-order valence-electron chi connectivity index (χ0n) is 11.3. The maximum Gasteiger partial charge on any atom is 0.179 e. The standard InChI is InChI=1S/C15H15ClO3S2/c16-13-8-11(9-14-15(13)19-5-4-18-14)10-21(17)7-3-12-2-1-6-20-12/h1-2,6,8-9H,3-5,7,10H2/t21-/m1/s1. The van der Waals surface area contributed by atoms with Crippen molar-refractivity contribution in [1.29, 1.82) is 0 Å². The summed E-state index contributed by atoms with van der Waals surface area (Å²) in [4.78, 5) is 1.27. The minimum Gasteiger partial charge on any atom is -0.486 e. The van der Waals surface area contributed by atoms with Crippen molar-refractivity contribution < 1.29 is 13.7 Å². The Kier molecular flexibility index (Phi) is 4.83. The lowest BCUT2D eigenvalue weighted by molar-refractivity contribution is 0.171. The Morgan fingerprint density at radius 2 is 2.14 bits per heavy atom. The van der Waals surface area contributed by atoms with Crippen molar-refractivity contribution >= 4 is 33.7 Å².